The van der Waals surface area contributed by atoms with Crippen molar-refractivity contribution < 1.29 is 18.0 Å². The number of alkyl halides is 2. The largest absolute Gasteiger partial charge is 0.415 e. The lowest BCUT2D eigenvalue weighted by atomic mass is 10.1. The number of pyridine rings is 2. The lowest BCUT2D eigenvalue weighted by Gasteiger charge is -2.37. The third-order valence-corrected chi connectivity index (χ3v) is 6.78. The second-order valence-corrected chi connectivity index (χ2v) is 9.71. The Morgan fingerprint density at radius 1 is 1.02 bits per heavy atom. The Balaban J connectivity index is 1.26. The minimum absolute atomic E-state index is 0.0371. The van der Waals surface area contributed by atoms with Crippen LogP contribution in [0.2, 0.25) is 0 Å². The standard InChI is InChI=1S/C28H30F2N8O2/c1-35(2)25-14-23(37-12-10-36(11-13-37)17-20-4-3-9-31-15-20)7-8-24(25)38(19-39)18-22-6-5-21(16-32-22)27-33-34-28(40-27)26(29)30/h3-9,14-16,19,26H,10-13,17-18H2,1-2H3. The van der Waals surface area contributed by atoms with Gasteiger partial charge in [0, 0.05) is 71.1 Å². The van der Waals surface area contributed by atoms with Gasteiger partial charge in [-0.2, -0.15) is 8.78 Å². The third kappa shape index (κ3) is 6.23. The highest BCUT2D eigenvalue weighted by molar-refractivity contribution is 5.85. The minimum Gasteiger partial charge on any atom is -0.415 e. The number of hydrogen-bond acceptors (Lipinski definition) is 9. The molecule has 5 rings (SSSR count). The van der Waals surface area contributed by atoms with Gasteiger partial charge in [-0.3, -0.25) is 19.7 Å². The lowest BCUT2D eigenvalue weighted by Crippen LogP contribution is -2.46. The van der Waals surface area contributed by atoms with Gasteiger partial charge in [0.2, 0.25) is 12.3 Å². The summed E-state index contributed by atoms with van der Waals surface area (Å²) in [5.41, 5.74) is 5.00. The number of hydrogen-bond donors (Lipinski definition) is 0. The van der Waals surface area contributed by atoms with Crippen LogP contribution < -0.4 is 14.7 Å². The molecule has 40 heavy (non-hydrogen) atoms. The maximum absolute atomic E-state index is 12.8. The monoisotopic (exact) mass is 548 g/mol. The van der Waals surface area contributed by atoms with Gasteiger partial charge in [-0.05, 0) is 42.0 Å². The SMILES string of the molecule is CN(C)c1cc(N2CCN(Cc3cccnc3)CC2)ccc1N(C=O)Cc1ccc(-c2nnc(C(F)F)o2)cn1. The van der Waals surface area contributed by atoms with Crippen LogP contribution in [0.4, 0.5) is 25.8 Å². The Hall–Kier alpha value is -4.45. The summed E-state index contributed by atoms with van der Waals surface area (Å²) in [6, 6.07) is 13.5. The van der Waals surface area contributed by atoms with Crippen LogP contribution in [0.15, 0.2) is 65.5 Å². The van der Waals surface area contributed by atoms with Gasteiger partial charge in [0.1, 0.15) is 0 Å². The first-order chi connectivity index (χ1) is 19.4. The molecular formula is C28H30F2N8O2. The Morgan fingerprint density at radius 3 is 2.48 bits per heavy atom. The molecule has 0 atom stereocenters. The molecule has 208 valence electrons. The van der Waals surface area contributed by atoms with E-state index >= 15 is 0 Å². The molecule has 1 aromatic carbocycles. The van der Waals surface area contributed by atoms with Crippen molar-refractivity contribution in [1.82, 2.24) is 25.1 Å². The van der Waals surface area contributed by atoms with E-state index in [9.17, 15) is 13.6 Å². The highest BCUT2D eigenvalue weighted by atomic mass is 19.3. The fraction of sp³-hybridized carbons (Fsp3) is 0.321. The molecule has 0 N–H and O–H groups in total. The molecule has 0 aliphatic carbocycles. The number of amides is 1. The molecule has 0 unspecified atom stereocenters. The summed E-state index contributed by atoms with van der Waals surface area (Å²) < 4.78 is 30.5. The Morgan fingerprint density at radius 2 is 1.85 bits per heavy atom. The van der Waals surface area contributed by atoms with E-state index < -0.39 is 12.3 Å². The number of rotatable bonds is 10. The molecule has 1 saturated heterocycles. The number of halogens is 2. The number of nitrogens with zero attached hydrogens (tertiary/aromatic N) is 8. The van der Waals surface area contributed by atoms with E-state index in [1.54, 1.807) is 23.2 Å². The van der Waals surface area contributed by atoms with Gasteiger partial charge in [0.05, 0.1) is 29.2 Å². The van der Waals surface area contributed by atoms with Gasteiger partial charge >= 0.3 is 6.43 Å². The molecule has 10 nitrogen and oxygen atoms in total. The molecule has 0 bridgehead atoms. The molecule has 0 saturated carbocycles. The van der Waals surface area contributed by atoms with E-state index in [0.29, 0.717) is 11.3 Å². The van der Waals surface area contributed by atoms with E-state index in [1.807, 2.05) is 43.4 Å². The fourth-order valence-corrected chi connectivity index (χ4v) is 4.66. The van der Waals surface area contributed by atoms with Crippen molar-refractivity contribution in [2.24, 2.45) is 0 Å². The van der Waals surface area contributed by atoms with E-state index in [1.165, 1.54) is 11.8 Å². The number of carbonyl (C=O) groups is 1. The van der Waals surface area contributed by atoms with Gasteiger partial charge in [-0.1, -0.05) is 6.07 Å². The zero-order valence-corrected chi connectivity index (χ0v) is 22.3. The second kappa shape index (κ2) is 12.2. The van der Waals surface area contributed by atoms with E-state index in [2.05, 4.69) is 42.1 Å². The predicted molar refractivity (Wildman–Crippen MR) is 147 cm³/mol. The van der Waals surface area contributed by atoms with Crippen molar-refractivity contribution in [3.8, 4) is 11.5 Å². The van der Waals surface area contributed by atoms with Gasteiger partial charge < -0.3 is 19.1 Å². The van der Waals surface area contributed by atoms with Crippen LogP contribution >= 0.6 is 0 Å². The first kappa shape index (κ1) is 27.1. The topological polar surface area (TPSA) is 94.7 Å². The summed E-state index contributed by atoms with van der Waals surface area (Å²) in [4.78, 5) is 29.1. The van der Waals surface area contributed by atoms with Crippen LogP contribution in [-0.4, -0.2) is 71.7 Å². The second-order valence-electron chi connectivity index (χ2n) is 9.71. The van der Waals surface area contributed by atoms with Crippen LogP contribution in [0, 0.1) is 0 Å². The first-order valence-corrected chi connectivity index (χ1v) is 12.9. The number of anilines is 3. The van der Waals surface area contributed by atoms with Gasteiger partial charge in [-0.25, -0.2) is 0 Å². The molecule has 1 amide bonds. The first-order valence-electron chi connectivity index (χ1n) is 12.9. The zero-order chi connectivity index (χ0) is 28.1. The highest BCUT2D eigenvalue weighted by Crippen LogP contribution is 2.33. The molecule has 4 aromatic rings. The lowest BCUT2D eigenvalue weighted by molar-refractivity contribution is -0.107. The van der Waals surface area contributed by atoms with Crippen LogP contribution in [0.3, 0.4) is 0 Å². The number of aromatic nitrogens is 4. The van der Waals surface area contributed by atoms with Crippen molar-refractivity contribution in [3.63, 3.8) is 0 Å². The van der Waals surface area contributed by atoms with Gasteiger partial charge in [-0.15, -0.1) is 10.2 Å². The van der Waals surface area contributed by atoms with Crippen molar-refractivity contribution >= 4 is 23.5 Å². The van der Waals surface area contributed by atoms with E-state index in [4.69, 9.17) is 4.42 Å². The van der Waals surface area contributed by atoms with E-state index in [-0.39, 0.29) is 12.4 Å². The molecular weight excluding hydrogens is 518 g/mol. The Bertz CT molecular complexity index is 1410. The molecule has 1 aliphatic rings. The average molecular weight is 549 g/mol. The molecule has 0 radical (unpaired) electrons. The molecule has 4 heterocycles. The van der Waals surface area contributed by atoms with Crippen LogP contribution in [0.25, 0.3) is 11.5 Å². The summed E-state index contributed by atoms with van der Waals surface area (Å²) in [6.07, 6.45) is 3.11. The summed E-state index contributed by atoms with van der Waals surface area (Å²) in [5.74, 6) is -0.775. The fourth-order valence-electron chi connectivity index (χ4n) is 4.66. The summed E-state index contributed by atoms with van der Waals surface area (Å²) in [7, 11) is 3.89. The van der Waals surface area contributed by atoms with Crippen LogP contribution in [0.5, 0.6) is 0 Å². The smallest absolute Gasteiger partial charge is 0.314 e. The Kier molecular flexibility index (Phi) is 8.25. The number of carbonyl (C=O) groups excluding carboxylic acids is 1. The third-order valence-electron chi connectivity index (χ3n) is 6.78. The summed E-state index contributed by atoms with van der Waals surface area (Å²) >= 11 is 0. The van der Waals surface area contributed by atoms with Crippen molar-refractivity contribution in [3.05, 3.63) is 78.2 Å². The molecule has 12 heteroatoms. The van der Waals surface area contributed by atoms with Crippen molar-refractivity contribution in [2.45, 2.75) is 19.5 Å². The highest BCUT2D eigenvalue weighted by Gasteiger charge is 2.21. The molecule has 0 spiro atoms. The minimum atomic E-state index is -2.84. The average Bonchev–Trinajstić information content (AvgIpc) is 3.48. The number of piperazine rings is 1. The van der Waals surface area contributed by atoms with Crippen molar-refractivity contribution in [2.75, 3.05) is 55.0 Å². The van der Waals surface area contributed by atoms with Gasteiger partial charge in [0.25, 0.3) is 5.89 Å². The quantitative estimate of drug-likeness (QED) is 0.273. The zero-order valence-electron chi connectivity index (χ0n) is 22.3. The maximum atomic E-state index is 12.8. The summed E-state index contributed by atoms with van der Waals surface area (Å²) in [5, 5.41) is 6.99. The summed E-state index contributed by atoms with van der Waals surface area (Å²) in [6.45, 7) is 4.81. The Labute approximate surface area is 230 Å². The van der Waals surface area contributed by atoms with Crippen LogP contribution in [-0.2, 0) is 17.9 Å². The number of benzene rings is 1. The normalized spacial score (nSPS) is 14.0. The van der Waals surface area contributed by atoms with Crippen molar-refractivity contribution in [1.29, 1.82) is 0 Å². The molecule has 1 aliphatic heterocycles. The van der Waals surface area contributed by atoms with Crippen LogP contribution in [0.1, 0.15) is 23.6 Å². The van der Waals surface area contributed by atoms with E-state index in [0.717, 1.165) is 56.2 Å². The molecule has 1 fully saturated rings. The predicted octanol–water partition coefficient (Wildman–Crippen LogP) is 4.02. The van der Waals surface area contributed by atoms with Gasteiger partial charge in [0.15, 0.2) is 0 Å². The maximum Gasteiger partial charge on any atom is 0.314 e. The molecule has 3 aromatic heterocycles.